The number of aromatic nitrogens is 4. The Kier molecular flexibility index (Phi) is 6.13. The molecular formula is C22H25BFN7. The van der Waals surface area contributed by atoms with Gasteiger partial charge in [0, 0.05) is 25.7 Å². The summed E-state index contributed by atoms with van der Waals surface area (Å²) in [5.41, 5.74) is 3.89. The van der Waals surface area contributed by atoms with Crippen LogP contribution < -0.4 is 15.7 Å². The average Bonchev–Trinajstić information content (AvgIpc) is 3.02. The van der Waals surface area contributed by atoms with E-state index in [1.54, 1.807) is 18.2 Å². The van der Waals surface area contributed by atoms with Gasteiger partial charge >= 0.3 is 0 Å². The summed E-state index contributed by atoms with van der Waals surface area (Å²) in [5.74, 6) is 0.161. The molecule has 2 radical (unpaired) electrons. The van der Waals surface area contributed by atoms with Crippen LogP contribution in [0.25, 0.3) is 28.0 Å². The first-order valence-electron chi connectivity index (χ1n) is 10.4. The number of nitrogens with one attached hydrogen (secondary N) is 2. The third-order valence-electron chi connectivity index (χ3n) is 5.78. The van der Waals surface area contributed by atoms with E-state index in [0.29, 0.717) is 34.0 Å². The molecule has 1 aliphatic heterocycles. The summed E-state index contributed by atoms with van der Waals surface area (Å²) < 4.78 is 13.7. The average molecular weight is 417 g/mol. The fraction of sp³-hybridized carbons (Fsp3) is 0.364. The largest absolute Gasteiger partial charge is 0.342 e. The second kappa shape index (κ2) is 8.97. The number of hydrogen-bond donors (Lipinski definition) is 2. The van der Waals surface area contributed by atoms with Crippen molar-refractivity contribution in [2.24, 2.45) is 4.99 Å². The minimum absolute atomic E-state index is 0.192. The number of H-pyrrole nitrogens is 1. The van der Waals surface area contributed by atoms with Gasteiger partial charge in [-0.3, -0.25) is 4.99 Å². The Hall–Kier alpha value is -3.07. The summed E-state index contributed by atoms with van der Waals surface area (Å²) in [7, 11) is 9.67. The van der Waals surface area contributed by atoms with Crippen molar-refractivity contribution in [2.75, 3.05) is 32.1 Å². The smallest absolute Gasteiger partial charge is 0.215 e. The highest BCUT2D eigenvalue weighted by atomic mass is 19.1. The zero-order chi connectivity index (χ0) is 22.0. The first kappa shape index (κ1) is 21.2. The number of hydrogen-bond acceptors (Lipinski definition) is 6. The van der Waals surface area contributed by atoms with Crippen LogP contribution in [0.1, 0.15) is 24.8 Å². The van der Waals surface area contributed by atoms with Gasteiger partial charge in [-0.25, -0.2) is 0 Å². The minimum atomic E-state index is -0.619. The third-order valence-corrected chi connectivity index (χ3v) is 5.78. The van der Waals surface area contributed by atoms with Crippen LogP contribution >= 0.6 is 0 Å². The number of aliphatic imine (C=N–C) groups is 1. The van der Waals surface area contributed by atoms with E-state index in [1.807, 2.05) is 6.07 Å². The summed E-state index contributed by atoms with van der Waals surface area (Å²) in [6, 6.07) is 7.51. The van der Waals surface area contributed by atoms with Crippen LogP contribution in [0.15, 0.2) is 35.8 Å². The SMILES string of the molecule is [B]c1cc(C(=C)C(F)=NC)ccc1-c1cc2[nH]c(N(C)C3CCCNCC3)nc2nn1. The summed E-state index contributed by atoms with van der Waals surface area (Å²) in [5, 5.41) is 12.0. The minimum Gasteiger partial charge on any atom is -0.342 e. The number of allylic oxidation sites excluding steroid dienone is 1. The van der Waals surface area contributed by atoms with E-state index in [4.69, 9.17) is 7.85 Å². The van der Waals surface area contributed by atoms with Crippen LogP contribution in [0.4, 0.5) is 10.3 Å². The van der Waals surface area contributed by atoms with Gasteiger partial charge in [0.05, 0.1) is 11.2 Å². The summed E-state index contributed by atoms with van der Waals surface area (Å²) in [4.78, 5) is 13.7. The predicted octanol–water partition coefficient (Wildman–Crippen LogP) is 2.40. The molecule has 2 N–H and O–H groups in total. The number of rotatable bonds is 5. The molecule has 1 aliphatic rings. The number of fused-ring (bicyclic) bond motifs is 1. The van der Waals surface area contributed by atoms with Gasteiger partial charge in [-0.15, -0.1) is 10.2 Å². The predicted molar refractivity (Wildman–Crippen MR) is 125 cm³/mol. The van der Waals surface area contributed by atoms with E-state index >= 15 is 0 Å². The first-order valence-corrected chi connectivity index (χ1v) is 10.4. The Labute approximate surface area is 182 Å². The zero-order valence-corrected chi connectivity index (χ0v) is 17.8. The second-order valence-electron chi connectivity index (χ2n) is 7.77. The summed E-state index contributed by atoms with van der Waals surface area (Å²) >= 11 is 0. The van der Waals surface area contributed by atoms with Crippen LogP contribution in [-0.2, 0) is 0 Å². The lowest BCUT2D eigenvalue weighted by atomic mass is 9.86. The normalized spacial score (nSPS) is 17.5. The van der Waals surface area contributed by atoms with Gasteiger partial charge in [-0.2, -0.15) is 9.37 Å². The van der Waals surface area contributed by atoms with E-state index in [9.17, 15) is 4.39 Å². The first-order chi connectivity index (χ1) is 15.0. The fourth-order valence-electron chi connectivity index (χ4n) is 3.91. The van der Waals surface area contributed by atoms with Crippen LogP contribution in [-0.4, -0.2) is 67.2 Å². The number of nitrogens with zero attached hydrogens (tertiary/aromatic N) is 5. The molecule has 4 rings (SSSR count). The van der Waals surface area contributed by atoms with Gasteiger partial charge in [0.25, 0.3) is 0 Å². The van der Waals surface area contributed by atoms with Crippen LogP contribution in [0.3, 0.4) is 0 Å². The Morgan fingerprint density at radius 3 is 2.87 bits per heavy atom. The molecule has 0 bridgehead atoms. The fourth-order valence-corrected chi connectivity index (χ4v) is 3.91. The number of imidazole rings is 1. The van der Waals surface area contributed by atoms with Gasteiger partial charge in [0.2, 0.25) is 17.6 Å². The summed E-state index contributed by atoms with van der Waals surface area (Å²) in [6.45, 7) is 5.80. The quantitative estimate of drug-likeness (QED) is 0.492. The van der Waals surface area contributed by atoms with E-state index in [1.165, 1.54) is 7.05 Å². The van der Waals surface area contributed by atoms with Crippen LogP contribution in [0.2, 0.25) is 0 Å². The van der Waals surface area contributed by atoms with Crippen molar-refractivity contribution in [1.29, 1.82) is 0 Å². The van der Waals surface area contributed by atoms with Crippen LogP contribution in [0, 0.1) is 0 Å². The molecule has 158 valence electrons. The number of aromatic amines is 1. The highest BCUT2D eigenvalue weighted by molar-refractivity contribution is 6.36. The molecule has 3 aromatic rings. The zero-order valence-electron chi connectivity index (χ0n) is 17.8. The molecule has 0 aliphatic carbocycles. The molecule has 2 aromatic heterocycles. The molecule has 0 amide bonds. The molecule has 9 heteroatoms. The lowest BCUT2D eigenvalue weighted by Crippen LogP contribution is -2.33. The van der Waals surface area contributed by atoms with E-state index in [2.05, 4.69) is 49.0 Å². The van der Waals surface area contributed by atoms with Gasteiger partial charge in [0.15, 0.2) is 0 Å². The van der Waals surface area contributed by atoms with Crippen molar-refractivity contribution in [3.05, 3.63) is 36.4 Å². The van der Waals surface area contributed by atoms with E-state index in [-0.39, 0.29) is 5.57 Å². The summed E-state index contributed by atoms with van der Waals surface area (Å²) in [6.07, 6.45) is 3.34. The Bertz CT molecular complexity index is 1130. The molecule has 1 fully saturated rings. The topological polar surface area (TPSA) is 82.1 Å². The highest BCUT2D eigenvalue weighted by Gasteiger charge is 2.20. The molecule has 7 nitrogen and oxygen atoms in total. The third kappa shape index (κ3) is 4.37. The van der Waals surface area contributed by atoms with Crippen molar-refractivity contribution < 1.29 is 4.39 Å². The maximum Gasteiger partial charge on any atom is 0.215 e. The number of anilines is 1. The lowest BCUT2D eigenvalue weighted by Gasteiger charge is -2.26. The number of halogens is 1. The number of benzene rings is 1. The van der Waals surface area contributed by atoms with Crippen molar-refractivity contribution >= 4 is 42.0 Å². The molecule has 1 atom stereocenters. The molecule has 0 saturated carbocycles. The molecule has 1 unspecified atom stereocenters. The van der Waals surface area contributed by atoms with Gasteiger partial charge in [-0.1, -0.05) is 30.2 Å². The van der Waals surface area contributed by atoms with E-state index < -0.39 is 5.97 Å². The molecular weight excluding hydrogens is 392 g/mol. The molecule has 3 heterocycles. The second-order valence-corrected chi connectivity index (χ2v) is 7.77. The van der Waals surface area contributed by atoms with Gasteiger partial charge in [-0.05, 0) is 49.5 Å². The van der Waals surface area contributed by atoms with E-state index in [0.717, 1.165) is 43.8 Å². The van der Waals surface area contributed by atoms with Crippen molar-refractivity contribution in [3.63, 3.8) is 0 Å². The highest BCUT2D eigenvalue weighted by Crippen LogP contribution is 2.24. The standard InChI is InChI=1S/C22H25BFN7/c1-13(20(24)25-2)14-6-7-16(17(23)11-14)18-12-19-21(30-29-18)28-22(27-19)31(3)15-5-4-9-26-10-8-15/h6-7,11-12,15,26H,1,4-5,8-10H2,2-3H3,(H,27,28,30). The lowest BCUT2D eigenvalue weighted by molar-refractivity contribution is 0.560. The Morgan fingerprint density at radius 1 is 1.26 bits per heavy atom. The van der Waals surface area contributed by atoms with Crippen molar-refractivity contribution in [2.45, 2.75) is 25.3 Å². The molecule has 1 aromatic carbocycles. The maximum absolute atomic E-state index is 13.7. The van der Waals surface area contributed by atoms with Gasteiger partial charge in [0.1, 0.15) is 7.85 Å². The van der Waals surface area contributed by atoms with Gasteiger partial charge < -0.3 is 15.2 Å². The Morgan fingerprint density at radius 2 is 2.10 bits per heavy atom. The van der Waals surface area contributed by atoms with Crippen molar-refractivity contribution in [1.82, 2.24) is 25.5 Å². The van der Waals surface area contributed by atoms with Crippen LogP contribution in [0.5, 0.6) is 0 Å². The molecule has 31 heavy (non-hydrogen) atoms. The maximum atomic E-state index is 13.7. The Balaban J connectivity index is 1.61. The monoisotopic (exact) mass is 417 g/mol. The molecule has 1 saturated heterocycles. The molecule has 0 spiro atoms. The van der Waals surface area contributed by atoms with Crippen molar-refractivity contribution in [3.8, 4) is 11.3 Å².